The van der Waals surface area contributed by atoms with Crippen molar-refractivity contribution in [3.63, 3.8) is 0 Å². The normalized spacial score (nSPS) is 10.9. The van der Waals surface area contributed by atoms with Crippen molar-refractivity contribution in [1.82, 2.24) is 0 Å². The van der Waals surface area contributed by atoms with E-state index in [2.05, 4.69) is 0 Å². The molecule has 3 rings (SSSR count). The van der Waals surface area contributed by atoms with Crippen molar-refractivity contribution in [2.45, 2.75) is 12.8 Å². The van der Waals surface area contributed by atoms with Crippen molar-refractivity contribution in [1.29, 1.82) is 0 Å². The molecule has 0 spiro atoms. The van der Waals surface area contributed by atoms with Crippen LogP contribution in [0.5, 0.6) is 11.5 Å². The molecule has 0 unspecified atom stereocenters. The summed E-state index contributed by atoms with van der Waals surface area (Å²) in [4.78, 5) is 12.0. The number of aromatic hydroxyl groups is 2. The number of fused-ring (bicyclic) bond motifs is 1. The summed E-state index contributed by atoms with van der Waals surface area (Å²) in [7, 11) is 0. The second-order valence-corrected chi connectivity index (χ2v) is 4.92. The molecule has 0 saturated heterocycles. The lowest BCUT2D eigenvalue weighted by Crippen LogP contribution is -2.03. The average Bonchev–Trinajstić information content (AvgIpc) is 2.46. The lowest BCUT2D eigenvalue weighted by atomic mass is 10.1. The van der Waals surface area contributed by atoms with Crippen LogP contribution in [0.4, 0.5) is 0 Å². The van der Waals surface area contributed by atoms with Crippen LogP contribution in [-0.4, -0.2) is 10.2 Å². The van der Waals surface area contributed by atoms with Crippen LogP contribution in [-0.2, 0) is 12.8 Å². The summed E-state index contributed by atoms with van der Waals surface area (Å²) in [6.45, 7) is 0. The highest BCUT2D eigenvalue weighted by Gasteiger charge is 2.06. The predicted octanol–water partition coefficient (Wildman–Crippen LogP) is 2.99. The Hall–Kier alpha value is -2.75. The molecule has 0 aliphatic rings. The van der Waals surface area contributed by atoms with Crippen LogP contribution >= 0.6 is 0 Å². The Morgan fingerprint density at radius 3 is 2.33 bits per heavy atom. The van der Waals surface area contributed by atoms with Crippen molar-refractivity contribution in [2.24, 2.45) is 0 Å². The van der Waals surface area contributed by atoms with Crippen molar-refractivity contribution >= 4 is 11.0 Å². The molecule has 2 N–H and O–H groups in total. The Morgan fingerprint density at radius 2 is 1.57 bits per heavy atom. The number of rotatable bonds is 3. The Labute approximate surface area is 120 Å². The topological polar surface area (TPSA) is 70.7 Å². The summed E-state index contributed by atoms with van der Waals surface area (Å²) in [6, 6.07) is 12.9. The van der Waals surface area contributed by atoms with E-state index in [1.165, 1.54) is 18.2 Å². The molecule has 4 heteroatoms. The van der Waals surface area contributed by atoms with Gasteiger partial charge in [-0.2, -0.15) is 0 Å². The third kappa shape index (κ3) is 2.89. The number of benzene rings is 2. The lowest BCUT2D eigenvalue weighted by molar-refractivity contribution is 0.472. The second kappa shape index (κ2) is 5.32. The van der Waals surface area contributed by atoms with Gasteiger partial charge in [0, 0.05) is 18.6 Å². The minimum Gasteiger partial charge on any atom is -0.508 e. The fraction of sp³-hybridized carbons (Fsp3) is 0.118. The Morgan fingerprint density at radius 1 is 0.857 bits per heavy atom. The standard InChI is InChI=1S/C17H14O4/c18-12-4-1-11(2-5-12)3-7-14-10-16(20)15-8-6-13(19)9-17(15)21-14/h1-2,4-6,8-10,18-19H,3,7H2. The molecular formula is C17H14O4. The first-order valence-corrected chi connectivity index (χ1v) is 6.65. The zero-order valence-electron chi connectivity index (χ0n) is 11.2. The van der Waals surface area contributed by atoms with Gasteiger partial charge >= 0.3 is 0 Å². The van der Waals surface area contributed by atoms with Crippen molar-refractivity contribution in [3.05, 3.63) is 70.1 Å². The maximum Gasteiger partial charge on any atom is 0.192 e. The van der Waals surface area contributed by atoms with Crippen LogP contribution in [0.3, 0.4) is 0 Å². The van der Waals surface area contributed by atoms with Crippen molar-refractivity contribution in [2.75, 3.05) is 0 Å². The van der Waals surface area contributed by atoms with E-state index in [4.69, 9.17) is 4.42 Å². The zero-order valence-corrected chi connectivity index (χ0v) is 11.2. The first kappa shape index (κ1) is 13.2. The molecule has 0 atom stereocenters. The molecule has 21 heavy (non-hydrogen) atoms. The maximum absolute atomic E-state index is 12.0. The molecule has 0 fully saturated rings. The van der Waals surface area contributed by atoms with E-state index >= 15 is 0 Å². The van der Waals surface area contributed by atoms with Crippen LogP contribution in [0.15, 0.2) is 57.7 Å². The first-order valence-electron chi connectivity index (χ1n) is 6.65. The number of phenolic OH excluding ortho intramolecular Hbond substituents is 2. The second-order valence-electron chi connectivity index (χ2n) is 4.92. The van der Waals surface area contributed by atoms with E-state index in [0.29, 0.717) is 29.6 Å². The smallest absolute Gasteiger partial charge is 0.192 e. The Bertz CT molecular complexity index is 832. The molecule has 4 nitrogen and oxygen atoms in total. The molecular weight excluding hydrogens is 268 g/mol. The molecule has 0 saturated carbocycles. The van der Waals surface area contributed by atoms with Gasteiger partial charge in [0.2, 0.25) is 0 Å². The number of hydrogen-bond donors (Lipinski definition) is 2. The minimum absolute atomic E-state index is 0.0707. The monoisotopic (exact) mass is 282 g/mol. The zero-order chi connectivity index (χ0) is 14.8. The third-order valence-corrected chi connectivity index (χ3v) is 3.36. The number of phenols is 2. The largest absolute Gasteiger partial charge is 0.508 e. The quantitative estimate of drug-likeness (QED) is 0.774. The van der Waals surface area contributed by atoms with Crippen molar-refractivity contribution < 1.29 is 14.6 Å². The highest BCUT2D eigenvalue weighted by atomic mass is 16.3. The Balaban J connectivity index is 1.87. The average molecular weight is 282 g/mol. The summed E-state index contributed by atoms with van der Waals surface area (Å²) >= 11 is 0. The van der Waals surface area contributed by atoms with Crippen LogP contribution in [0.25, 0.3) is 11.0 Å². The van der Waals surface area contributed by atoms with E-state index < -0.39 is 0 Å². The minimum atomic E-state index is -0.114. The predicted molar refractivity (Wildman–Crippen MR) is 79.7 cm³/mol. The van der Waals surface area contributed by atoms with Gasteiger partial charge in [-0.15, -0.1) is 0 Å². The number of hydrogen-bond acceptors (Lipinski definition) is 4. The molecule has 106 valence electrons. The van der Waals surface area contributed by atoms with Gasteiger partial charge in [0.05, 0.1) is 5.39 Å². The molecule has 1 aromatic heterocycles. The SMILES string of the molecule is O=c1cc(CCc2ccc(O)cc2)oc2cc(O)ccc12. The van der Waals surface area contributed by atoms with E-state index in [1.807, 2.05) is 12.1 Å². The van der Waals surface area contributed by atoms with E-state index in [0.717, 1.165) is 5.56 Å². The van der Waals surface area contributed by atoms with Gasteiger partial charge in [-0.1, -0.05) is 12.1 Å². The van der Waals surface area contributed by atoms with E-state index in [9.17, 15) is 15.0 Å². The fourth-order valence-corrected chi connectivity index (χ4v) is 2.25. The van der Waals surface area contributed by atoms with Gasteiger partial charge in [-0.25, -0.2) is 0 Å². The van der Waals surface area contributed by atoms with E-state index in [-0.39, 0.29) is 16.9 Å². The first-order chi connectivity index (χ1) is 10.1. The maximum atomic E-state index is 12.0. The van der Waals surface area contributed by atoms with Gasteiger partial charge in [-0.05, 0) is 36.2 Å². The van der Waals surface area contributed by atoms with Crippen LogP contribution in [0, 0.1) is 0 Å². The highest BCUT2D eigenvalue weighted by Crippen LogP contribution is 2.19. The molecule has 0 aliphatic carbocycles. The molecule has 0 bridgehead atoms. The van der Waals surface area contributed by atoms with Crippen LogP contribution < -0.4 is 5.43 Å². The van der Waals surface area contributed by atoms with Gasteiger partial charge < -0.3 is 14.6 Å². The van der Waals surface area contributed by atoms with Crippen molar-refractivity contribution in [3.8, 4) is 11.5 Å². The summed E-state index contributed by atoms with van der Waals surface area (Å²) in [5, 5.41) is 19.2. The van der Waals surface area contributed by atoms with Gasteiger partial charge in [0.25, 0.3) is 0 Å². The van der Waals surface area contributed by atoms with Gasteiger partial charge in [0.15, 0.2) is 5.43 Å². The lowest BCUT2D eigenvalue weighted by Gasteiger charge is -2.04. The van der Waals surface area contributed by atoms with Gasteiger partial charge in [0.1, 0.15) is 22.8 Å². The van der Waals surface area contributed by atoms with Gasteiger partial charge in [-0.3, -0.25) is 4.79 Å². The molecule has 1 heterocycles. The Kier molecular flexibility index (Phi) is 3.36. The summed E-state index contributed by atoms with van der Waals surface area (Å²) in [5.74, 6) is 0.874. The number of aryl methyl sites for hydroxylation is 2. The molecule has 0 radical (unpaired) electrons. The summed E-state index contributed by atoms with van der Waals surface area (Å²) < 4.78 is 5.66. The third-order valence-electron chi connectivity index (χ3n) is 3.36. The van der Waals surface area contributed by atoms with Crippen LogP contribution in [0.1, 0.15) is 11.3 Å². The fourth-order valence-electron chi connectivity index (χ4n) is 2.25. The highest BCUT2D eigenvalue weighted by molar-refractivity contribution is 5.77. The molecule has 3 aromatic rings. The summed E-state index contributed by atoms with van der Waals surface area (Å²) in [5.41, 5.74) is 1.33. The molecule has 0 amide bonds. The van der Waals surface area contributed by atoms with E-state index in [1.54, 1.807) is 18.2 Å². The van der Waals surface area contributed by atoms with Crippen LogP contribution in [0.2, 0.25) is 0 Å². The summed E-state index contributed by atoms with van der Waals surface area (Å²) in [6.07, 6.45) is 1.28. The molecule has 0 aliphatic heterocycles. The molecule has 2 aromatic carbocycles.